The maximum absolute atomic E-state index is 13.5. The molecule has 1 aliphatic heterocycles. The quantitative estimate of drug-likeness (QED) is 0.356. The number of benzene rings is 2. The number of carbonyl (C=O) groups is 5. The minimum atomic E-state index is -1.05. The lowest BCUT2D eigenvalue weighted by atomic mass is 10.0. The van der Waals surface area contributed by atoms with Crippen molar-refractivity contribution in [3.63, 3.8) is 0 Å². The number of hydrogen-bond donors (Lipinski definition) is 2. The van der Waals surface area contributed by atoms with E-state index in [1.807, 2.05) is 30.3 Å². The molecule has 0 radical (unpaired) electrons. The van der Waals surface area contributed by atoms with Crippen molar-refractivity contribution in [1.29, 1.82) is 0 Å². The van der Waals surface area contributed by atoms with Crippen LogP contribution in [0.2, 0.25) is 0 Å². The molecule has 3 amide bonds. The van der Waals surface area contributed by atoms with Gasteiger partial charge in [-0.3, -0.25) is 14.4 Å². The van der Waals surface area contributed by atoms with Crippen LogP contribution in [-0.2, 0) is 39.9 Å². The van der Waals surface area contributed by atoms with Gasteiger partial charge in [0.25, 0.3) is 0 Å². The first-order valence-electron chi connectivity index (χ1n) is 13.0. The average Bonchev–Trinajstić information content (AvgIpc) is 3.41. The third-order valence-electron chi connectivity index (χ3n) is 6.00. The lowest BCUT2D eigenvalue weighted by Gasteiger charge is -2.26. The van der Waals surface area contributed by atoms with Crippen LogP contribution in [0.3, 0.4) is 0 Å². The van der Waals surface area contributed by atoms with Gasteiger partial charge in [0.1, 0.15) is 23.4 Å². The summed E-state index contributed by atoms with van der Waals surface area (Å²) in [4.78, 5) is 64.2. The Morgan fingerprint density at radius 2 is 1.68 bits per heavy atom. The molecule has 2 N–H and O–H groups in total. The molecule has 0 aromatic heterocycles. The molecule has 0 spiro atoms. The Labute approximate surface area is 233 Å². The number of nitrogens with zero attached hydrogens (tertiary/aromatic N) is 1. The van der Waals surface area contributed by atoms with Gasteiger partial charge in [0.15, 0.2) is 6.61 Å². The third kappa shape index (κ3) is 8.55. The van der Waals surface area contributed by atoms with E-state index in [0.717, 1.165) is 12.7 Å². The lowest BCUT2D eigenvalue weighted by Crippen LogP contribution is -2.53. The second-order valence-electron chi connectivity index (χ2n) is 10.3. The van der Waals surface area contributed by atoms with Gasteiger partial charge >= 0.3 is 17.8 Å². The number of esters is 2. The number of ether oxygens (including phenoxy) is 3. The van der Waals surface area contributed by atoms with E-state index in [9.17, 15) is 24.0 Å². The highest BCUT2D eigenvalue weighted by Gasteiger charge is 2.38. The fourth-order valence-electron chi connectivity index (χ4n) is 4.24. The summed E-state index contributed by atoms with van der Waals surface area (Å²) in [6.07, 6.45) is 1.03. The molecule has 2 aromatic rings. The average molecular weight is 554 g/mol. The Morgan fingerprint density at radius 3 is 2.35 bits per heavy atom. The number of nitrogens with one attached hydrogen (secondary N) is 2. The number of para-hydroxylation sites is 2. The van der Waals surface area contributed by atoms with Gasteiger partial charge in [-0.15, -0.1) is 0 Å². The molecular formula is C29H35N3O8. The van der Waals surface area contributed by atoms with Gasteiger partial charge < -0.3 is 29.7 Å². The van der Waals surface area contributed by atoms with E-state index >= 15 is 0 Å². The first-order chi connectivity index (χ1) is 19.0. The van der Waals surface area contributed by atoms with E-state index < -0.39 is 47.3 Å². The van der Waals surface area contributed by atoms with Crippen LogP contribution in [-0.4, -0.2) is 72.5 Å². The molecule has 3 rings (SSSR count). The summed E-state index contributed by atoms with van der Waals surface area (Å²) >= 11 is 0. The van der Waals surface area contributed by atoms with Crippen molar-refractivity contribution in [3.05, 3.63) is 60.2 Å². The number of carbonyl (C=O) groups excluding carboxylic acids is 5. The van der Waals surface area contributed by atoms with Crippen molar-refractivity contribution in [3.8, 4) is 5.75 Å². The highest BCUT2D eigenvalue weighted by Crippen LogP contribution is 2.25. The number of rotatable bonds is 9. The van der Waals surface area contributed by atoms with Gasteiger partial charge in [-0.25, -0.2) is 9.59 Å². The zero-order chi connectivity index (χ0) is 29.3. The van der Waals surface area contributed by atoms with E-state index in [1.165, 1.54) is 4.90 Å². The van der Waals surface area contributed by atoms with Crippen LogP contribution in [0, 0.1) is 0 Å². The van der Waals surface area contributed by atoms with Crippen molar-refractivity contribution < 1.29 is 38.2 Å². The van der Waals surface area contributed by atoms with Crippen molar-refractivity contribution >= 4 is 35.3 Å². The van der Waals surface area contributed by atoms with E-state index in [1.54, 1.807) is 45.0 Å². The molecule has 2 atom stereocenters. The molecule has 40 heavy (non-hydrogen) atoms. The Morgan fingerprint density at radius 1 is 1.00 bits per heavy atom. The van der Waals surface area contributed by atoms with E-state index in [4.69, 9.17) is 9.47 Å². The van der Waals surface area contributed by atoms with Crippen LogP contribution in [0.25, 0.3) is 0 Å². The van der Waals surface area contributed by atoms with Gasteiger partial charge in [-0.1, -0.05) is 42.5 Å². The highest BCUT2D eigenvalue weighted by atomic mass is 16.6. The van der Waals surface area contributed by atoms with Gasteiger partial charge in [0, 0.05) is 13.0 Å². The first kappa shape index (κ1) is 30.1. The molecule has 11 nitrogen and oxygen atoms in total. The monoisotopic (exact) mass is 553 g/mol. The van der Waals surface area contributed by atoms with Crippen LogP contribution < -0.4 is 15.4 Å². The van der Waals surface area contributed by atoms with Crippen LogP contribution in [0.5, 0.6) is 5.75 Å². The van der Waals surface area contributed by atoms with Crippen molar-refractivity contribution in [2.24, 2.45) is 0 Å². The zero-order valence-corrected chi connectivity index (χ0v) is 23.1. The fraction of sp³-hybridized carbons (Fsp3) is 0.414. The third-order valence-corrected chi connectivity index (χ3v) is 6.00. The van der Waals surface area contributed by atoms with Crippen LogP contribution >= 0.6 is 0 Å². The van der Waals surface area contributed by atoms with Crippen molar-refractivity contribution in [2.75, 3.05) is 25.6 Å². The van der Waals surface area contributed by atoms with E-state index in [-0.39, 0.29) is 25.3 Å². The first-order valence-corrected chi connectivity index (χ1v) is 13.0. The summed E-state index contributed by atoms with van der Waals surface area (Å²) in [5, 5.41) is 5.53. The Bertz CT molecular complexity index is 1230. The van der Waals surface area contributed by atoms with Crippen LogP contribution in [0.15, 0.2) is 54.6 Å². The predicted molar refractivity (Wildman–Crippen MR) is 145 cm³/mol. The van der Waals surface area contributed by atoms with Gasteiger partial charge in [0.05, 0.1) is 12.8 Å². The maximum Gasteiger partial charge on any atom is 0.396 e. The molecule has 11 heteroatoms. The zero-order valence-electron chi connectivity index (χ0n) is 23.1. The molecule has 1 heterocycles. The lowest BCUT2D eigenvalue weighted by molar-refractivity contribution is -0.159. The predicted octanol–water partition coefficient (Wildman–Crippen LogP) is 2.24. The molecule has 1 fully saturated rings. The minimum absolute atomic E-state index is 0.164. The summed E-state index contributed by atoms with van der Waals surface area (Å²) < 4.78 is 15.4. The maximum atomic E-state index is 13.5. The molecule has 0 saturated carbocycles. The molecule has 0 aliphatic carbocycles. The molecular weight excluding hydrogens is 518 g/mol. The van der Waals surface area contributed by atoms with Crippen LogP contribution in [0.4, 0.5) is 5.69 Å². The summed E-state index contributed by atoms with van der Waals surface area (Å²) in [5.41, 5.74) is 0.422. The number of methoxy groups -OCH3 is 1. The second kappa shape index (κ2) is 13.6. The molecule has 1 saturated heterocycles. The van der Waals surface area contributed by atoms with Gasteiger partial charge in [-0.05, 0) is 51.3 Å². The molecule has 0 unspecified atom stereocenters. The SMILES string of the molecule is COC(=O)C(=O)N1CCC[C@H]1C(=O)N[C@H](Cc1ccccc1)C(=O)Nc1ccccc1OCC(=O)OC(C)(C)C. The van der Waals surface area contributed by atoms with Crippen molar-refractivity contribution in [2.45, 2.75) is 57.7 Å². The second-order valence-corrected chi connectivity index (χ2v) is 10.3. The normalized spacial score (nSPS) is 15.5. The number of likely N-dealkylation sites (tertiary alicyclic amines) is 1. The van der Waals surface area contributed by atoms with Gasteiger partial charge in [0.2, 0.25) is 11.8 Å². The van der Waals surface area contributed by atoms with Crippen LogP contribution in [0.1, 0.15) is 39.2 Å². The van der Waals surface area contributed by atoms with E-state index in [0.29, 0.717) is 18.5 Å². The molecule has 0 bridgehead atoms. The smallest absolute Gasteiger partial charge is 0.396 e. The molecule has 214 valence electrons. The summed E-state index contributed by atoms with van der Waals surface area (Å²) in [6, 6.07) is 13.8. The Kier molecular flexibility index (Phi) is 10.2. The molecule has 2 aromatic carbocycles. The molecule has 1 aliphatic rings. The summed E-state index contributed by atoms with van der Waals surface area (Å²) in [7, 11) is 1.10. The van der Waals surface area contributed by atoms with Crippen molar-refractivity contribution in [1.82, 2.24) is 10.2 Å². The summed E-state index contributed by atoms with van der Waals surface area (Å²) in [5.74, 6) is -3.36. The largest absolute Gasteiger partial charge is 0.480 e. The Balaban J connectivity index is 1.76. The van der Waals surface area contributed by atoms with Gasteiger partial charge in [-0.2, -0.15) is 0 Å². The topological polar surface area (TPSA) is 140 Å². The fourth-order valence-corrected chi connectivity index (χ4v) is 4.24. The standard InChI is InChI=1S/C29H35N3O8/c1-29(2,3)40-24(33)18-39-23-15-9-8-13-20(23)30-25(34)21(17-19-11-6-5-7-12-19)31-26(35)22-14-10-16-32(22)27(36)28(37)38-4/h5-9,11-13,15,21-22H,10,14,16-18H2,1-4H3,(H,30,34)(H,31,35)/t21-,22+/m1/s1. The highest BCUT2D eigenvalue weighted by molar-refractivity contribution is 6.32. The number of amides is 3. The number of hydrogen-bond acceptors (Lipinski definition) is 8. The number of anilines is 1. The summed E-state index contributed by atoms with van der Waals surface area (Å²) in [6.45, 7) is 5.10. The minimum Gasteiger partial charge on any atom is -0.480 e. The Hall–Kier alpha value is -4.41. The van der Waals surface area contributed by atoms with E-state index in [2.05, 4.69) is 15.4 Å².